The lowest BCUT2D eigenvalue weighted by Crippen LogP contribution is -2.44. The predicted molar refractivity (Wildman–Crippen MR) is 102 cm³/mol. The third kappa shape index (κ3) is 3.57. The summed E-state index contributed by atoms with van der Waals surface area (Å²) in [5, 5.41) is 2.64. The number of allylic oxidation sites excluding steroid dienone is 2. The lowest BCUT2D eigenvalue weighted by molar-refractivity contribution is -0.138. The highest BCUT2D eigenvalue weighted by Crippen LogP contribution is 2.30. The van der Waals surface area contributed by atoms with E-state index in [2.05, 4.69) is 5.32 Å². The van der Waals surface area contributed by atoms with Crippen molar-refractivity contribution in [1.29, 1.82) is 0 Å². The molecule has 0 spiro atoms. The molecule has 4 amide bonds. The summed E-state index contributed by atoms with van der Waals surface area (Å²) in [6.07, 6.45) is 8.79. The number of hydrogen-bond acceptors (Lipinski definition) is 5. The molecule has 1 aliphatic carbocycles. The zero-order chi connectivity index (χ0) is 20.4. The molecule has 0 aromatic carbocycles. The third-order valence-electron chi connectivity index (χ3n) is 5.39. The van der Waals surface area contributed by atoms with E-state index in [4.69, 9.17) is 8.83 Å². The van der Waals surface area contributed by atoms with Crippen molar-refractivity contribution in [3.05, 3.63) is 60.1 Å². The second kappa shape index (κ2) is 7.62. The van der Waals surface area contributed by atoms with Crippen molar-refractivity contribution in [2.75, 3.05) is 6.54 Å². The SMILES string of the molecule is CC1(c2ccco2)NC(=O)N(CC(=O)N(Cc2ccco2)C2=CCCCC2)C1=O. The van der Waals surface area contributed by atoms with Crippen LogP contribution in [0.15, 0.2) is 57.4 Å². The summed E-state index contributed by atoms with van der Waals surface area (Å²) >= 11 is 0. The molecule has 152 valence electrons. The number of carbonyl (C=O) groups is 3. The van der Waals surface area contributed by atoms with Crippen LogP contribution in [0.5, 0.6) is 0 Å². The van der Waals surface area contributed by atoms with Gasteiger partial charge in [0.25, 0.3) is 5.91 Å². The van der Waals surface area contributed by atoms with Crippen molar-refractivity contribution >= 4 is 17.8 Å². The fourth-order valence-corrected chi connectivity index (χ4v) is 3.77. The molecule has 2 aromatic rings. The minimum Gasteiger partial charge on any atom is -0.467 e. The average molecular weight is 397 g/mol. The van der Waals surface area contributed by atoms with Crippen LogP contribution in [0, 0.1) is 0 Å². The van der Waals surface area contributed by atoms with Crippen molar-refractivity contribution in [2.45, 2.75) is 44.7 Å². The van der Waals surface area contributed by atoms with Crippen LogP contribution in [-0.2, 0) is 21.7 Å². The highest BCUT2D eigenvalue weighted by molar-refractivity contribution is 6.08. The molecule has 1 atom stereocenters. The number of imide groups is 1. The highest BCUT2D eigenvalue weighted by Gasteiger charge is 2.51. The third-order valence-corrected chi connectivity index (χ3v) is 5.39. The van der Waals surface area contributed by atoms with Gasteiger partial charge in [0.1, 0.15) is 18.1 Å². The Hall–Kier alpha value is -3.29. The molecule has 0 radical (unpaired) electrons. The van der Waals surface area contributed by atoms with Crippen molar-refractivity contribution in [3.63, 3.8) is 0 Å². The Morgan fingerprint density at radius 3 is 2.66 bits per heavy atom. The van der Waals surface area contributed by atoms with Gasteiger partial charge in [-0.05, 0) is 56.9 Å². The van der Waals surface area contributed by atoms with Gasteiger partial charge in [0.2, 0.25) is 5.91 Å². The van der Waals surface area contributed by atoms with E-state index in [9.17, 15) is 14.4 Å². The number of urea groups is 1. The summed E-state index contributed by atoms with van der Waals surface area (Å²) in [6, 6.07) is 6.22. The quantitative estimate of drug-likeness (QED) is 0.756. The standard InChI is InChI=1S/C21H23N3O5/c1-21(17-10-6-12-29-17)19(26)24(20(27)22-21)14-18(25)23(13-16-9-5-11-28-16)15-7-3-2-4-8-15/h5-7,9-12H,2-4,8,13-14H2,1H3,(H,22,27). The Bertz CT molecular complexity index is 932. The van der Waals surface area contributed by atoms with Crippen LogP contribution >= 0.6 is 0 Å². The number of nitrogens with zero attached hydrogens (tertiary/aromatic N) is 2. The van der Waals surface area contributed by atoms with Crippen molar-refractivity contribution in [3.8, 4) is 0 Å². The molecule has 8 heteroatoms. The number of rotatable bonds is 6. The maximum absolute atomic E-state index is 13.2. The number of nitrogens with one attached hydrogen (secondary N) is 1. The van der Waals surface area contributed by atoms with Crippen LogP contribution in [0.4, 0.5) is 4.79 Å². The Kier molecular flexibility index (Phi) is 5.00. The van der Waals surface area contributed by atoms with Gasteiger partial charge in [-0.3, -0.25) is 14.5 Å². The minimum absolute atomic E-state index is 0.261. The van der Waals surface area contributed by atoms with Gasteiger partial charge in [0, 0.05) is 5.70 Å². The Morgan fingerprint density at radius 2 is 2.00 bits per heavy atom. The van der Waals surface area contributed by atoms with Gasteiger partial charge in [-0.1, -0.05) is 6.08 Å². The monoisotopic (exact) mass is 397 g/mol. The van der Waals surface area contributed by atoms with Gasteiger partial charge in [0.05, 0.1) is 19.1 Å². The smallest absolute Gasteiger partial charge is 0.325 e. The first kappa shape index (κ1) is 19.0. The van der Waals surface area contributed by atoms with E-state index in [1.807, 2.05) is 6.08 Å². The van der Waals surface area contributed by atoms with Gasteiger partial charge in [0.15, 0.2) is 5.54 Å². The Morgan fingerprint density at radius 1 is 1.21 bits per heavy atom. The molecule has 3 heterocycles. The number of hydrogen-bond donors (Lipinski definition) is 1. The minimum atomic E-state index is -1.32. The molecule has 0 bridgehead atoms. The molecule has 29 heavy (non-hydrogen) atoms. The first-order valence-corrected chi connectivity index (χ1v) is 9.69. The molecule has 1 saturated heterocycles. The van der Waals surface area contributed by atoms with Crippen LogP contribution in [0.1, 0.15) is 44.1 Å². The Balaban J connectivity index is 1.54. The summed E-state index contributed by atoms with van der Waals surface area (Å²) in [5.74, 6) is 0.124. The van der Waals surface area contributed by atoms with E-state index in [0.717, 1.165) is 36.3 Å². The maximum atomic E-state index is 13.2. The van der Waals surface area contributed by atoms with E-state index in [0.29, 0.717) is 11.5 Å². The van der Waals surface area contributed by atoms with Crippen molar-refractivity contribution in [2.24, 2.45) is 0 Å². The molecule has 0 saturated carbocycles. The second-order valence-corrected chi connectivity index (χ2v) is 7.42. The highest BCUT2D eigenvalue weighted by atomic mass is 16.3. The fraction of sp³-hybridized carbons (Fsp3) is 0.381. The molecule has 2 aromatic heterocycles. The van der Waals surface area contributed by atoms with E-state index < -0.39 is 17.5 Å². The van der Waals surface area contributed by atoms with Gasteiger partial charge in [-0.15, -0.1) is 0 Å². The molecular formula is C21H23N3O5. The van der Waals surface area contributed by atoms with Crippen LogP contribution in [0.25, 0.3) is 0 Å². The zero-order valence-electron chi connectivity index (χ0n) is 16.2. The molecule has 4 rings (SSSR count). The number of amides is 4. The van der Waals surface area contributed by atoms with E-state index in [-0.39, 0.29) is 19.0 Å². The van der Waals surface area contributed by atoms with E-state index in [1.54, 1.807) is 42.4 Å². The maximum Gasteiger partial charge on any atom is 0.325 e. The van der Waals surface area contributed by atoms with Gasteiger partial charge in [-0.25, -0.2) is 4.79 Å². The first-order valence-electron chi connectivity index (χ1n) is 9.69. The van der Waals surface area contributed by atoms with Crippen LogP contribution in [0.3, 0.4) is 0 Å². The molecule has 1 aliphatic heterocycles. The lowest BCUT2D eigenvalue weighted by atomic mass is 9.99. The zero-order valence-corrected chi connectivity index (χ0v) is 16.2. The molecule has 1 fully saturated rings. The molecule has 2 aliphatic rings. The summed E-state index contributed by atoms with van der Waals surface area (Å²) in [7, 11) is 0. The normalized spacial score (nSPS) is 21.8. The molecule has 1 N–H and O–H groups in total. The predicted octanol–water partition coefficient (Wildman–Crippen LogP) is 3.13. The topological polar surface area (TPSA) is 96.0 Å². The van der Waals surface area contributed by atoms with Crippen molar-refractivity contribution in [1.82, 2.24) is 15.1 Å². The van der Waals surface area contributed by atoms with Gasteiger partial charge in [-0.2, -0.15) is 0 Å². The van der Waals surface area contributed by atoms with Crippen LogP contribution in [0.2, 0.25) is 0 Å². The average Bonchev–Trinajstić information content (AvgIpc) is 3.47. The summed E-state index contributed by atoms with van der Waals surface area (Å²) in [5.41, 5.74) is -0.421. The lowest BCUT2D eigenvalue weighted by Gasteiger charge is -2.28. The fourth-order valence-electron chi connectivity index (χ4n) is 3.77. The van der Waals surface area contributed by atoms with Gasteiger partial charge >= 0.3 is 6.03 Å². The molecular weight excluding hydrogens is 374 g/mol. The number of furan rings is 2. The summed E-state index contributed by atoms with van der Waals surface area (Å²) in [4.78, 5) is 41.2. The summed E-state index contributed by atoms with van der Waals surface area (Å²) < 4.78 is 10.7. The van der Waals surface area contributed by atoms with E-state index in [1.165, 1.54) is 6.26 Å². The van der Waals surface area contributed by atoms with E-state index >= 15 is 0 Å². The van der Waals surface area contributed by atoms with Crippen LogP contribution in [-0.4, -0.2) is 34.2 Å². The Labute approximate surface area is 168 Å². The van der Waals surface area contributed by atoms with Gasteiger partial charge < -0.3 is 19.1 Å². The molecule has 1 unspecified atom stereocenters. The number of carbonyl (C=O) groups excluding carboxylic acids is 3. The summed E-state index contributed by atoms with van der Waals surface area (Å²) in [6.45, 7) is 1.48. The van der Waals surface area contributed by atoms with Crippen LogP contribution < -0.4 is 5.32 Å². The molecule has 8 nitrogen and oxygen atoms in total. The second-order valence-electron chi connectivity index (χ2n) is 7.42. The largest absolute Gasteiger partial charge is 0.467 e. The van der Waals surface area contributed by atoms with Crippen molar-refractivity contribution < 1.29 is 23.2 Å². The first-order chi connectivity index (χ1) is 14.0.